The smallest absolute Gasteiger partial charge is 0.264 e. The van der Waals surface area contributed by atoms with Gasteiger partial charge in [-0.25, -0.2) is 13.1 Å². The molecule has 10 heteroatoms. The molecule has 1 saturated carbocycles. The van der Waals surface area contributed by atoms with Crippen LogP contribution in [0.5, 0.6) is 5.75 Å². The van der Waals surface area contributed by atoms with Crippen molar-refractivity contribution in [1.29, 1.82) is 0 Å². The van der Waals surface area contributed by atoms with Gasteiger partial charge in [0.1, 0.15) is 11.4 Å². The molecule has 51 heavy (non-hydrogen) atoms. The lowest BCUT2D eigenvalue weighted by atomic mass is 9.63. The Labute approximate surface area is 308 Å². The maximum atomic E-state index is 13.6. The van der Waals surface area contributed by atoms with Gasteiger partial charge in [0, 0.05) is 49.2 Å². The van der Waals surface area contributed by atoms with Crippen molar-refractivity contribution in [1.82, 2.24) is 9.62 Å². The van der Waals surface area contributed by atoms with Gasteiger partial charge in [0.25, 0.3) is 5.91 Å². The number of morpholine rings is 1. The normalized spacial score (nSPS) is 33.7. The number of rotatable bonds is 2. The number of hydrogen-bond acceptors (Lipinski definition) is 7. The van der Waals surface area contributed by atoms with Gasteiger partial charge in [-0.05, 0) is 92.5 Å². The van der Waals surface area contributed by atoms with Crippen LogP contribution in [0.4, 0.5) is 5.69 Å². The summed E-state index contributed by atoms with van der Waals surface area (Å²) < 4.78 is 43.0. The number of allylic oxidation sites excluding steroid dienone is 4. The Balaban J connectivity index is 1.25. The van der Waals surface area contributed by atoms with Crippen molar-refractivity contribution in [2.45, 2.75) is 69.8 Å². The fraction of sp³-hybridized carbons (Fsp3) is 0.537. The monoisotopic (exact) mass is 733 g/mol. The molecule has 0 aromatic heterocycles. The van der Waals surface area contributed by atoms with Crippen molar-refractivity contribution < 1.29 is 22.7 Å². The average Bonchev–Trinajstić information content (AvgIpc) is 3.13. The minimum atomic E-state index is -3.94. The van der Waals surface area contributed by atoms with Crippen molar-refractivity contribution in [3.8, 4) is 5.75 Å². The van der Waals surface area contributed by atoms with E-state index in [1.807, 2.05) is 25.1 Å². The molecule has 7 atom stereocenters. The third-order valence-corrected chi connectivity index (χ3v) is 14.2. The third kappa shape index (κ3) is 8.12. The van der Waals surface area contributed by atoms with Crippen LogP contribution in [0.3, 0.4) is 0 Å². The molecular weight excluding hydrogens is 682 g/mol. The first-order valence-electron chi connectivity index (χ1n) is 18.8. The second kappa shape index (κ2) is 15.5. The SMILES string of the molecule is CC1[C@@H](C)C/C=C/[C@]2(CN(Cc3ccccc3)CCO2)[C@@H]2CC[C@H]2CN2CCCCC3C=C(Cl)C=CC3COc3ccc(cc32)C(=O)NS1(=O)=O. The van der Waals surface area contributed by atoms with Crippen LogP contribution in [0, 0.1) is 29.6 Å². The minimum Gasteiger partial charge on any atom is -0.491 e. The van der Waals surface area contributed by atoms with E-state index < -0.39 is 26.8 Å². The summed E-state index contributed by atoms with van der Waals surface area (Å²) in [7, 11) is -3.94. The number of amides is 1. The van der Waals surface area contributed by atoms with E-state index in [2.05, 4.69) is 69.2 Å². The van der Waals surface area contributed by atoms with Gasteiger partial charge in [-0.1, -0.05) is 79.6 Å². The highest BCUT2D eigenvalue weighted by molar-refractivity contribution is 7.90. The Morgan fingerprint density at radius 3 is 2.67 bits per heavy atom. The number of hydrogen-bond donors (Lipinski definition) is 1. The Kier molecular flexibility index (Phi) is 11.0. The second-order valence-electron chi connectivity index (χ2n) is 15.4. The largest absolute Gasteiger partial charge is 0.491 e. The van der Waals surface area contributed by atoms with E-state index in [1.165, 1.54) is 5.56 Å². The average molecular weight is 734 g/mol. The maximum absolute atomic E-state index is 13.6. The number of fused-ring (bicyclic) bond motifs is 4. The number of nitrogens with one attached hydrogen (secondary N) is 1. The first kappa shape index (κ1) is 36.3. The quantitative estimate of drug-likeness (QED) is 0.324. The van der Waals surface area contributed by atoms with Crippen LogP contribution in [-0.2, 0) is 21.3 Å². The zero-order valence-electron chi connectivity index (χ0n) is 29.9. The van der Waals surface area contributed by atoms with Crippen LogP contribution in [-0.4, -0.2) is 69.5 Å². The van der Waals surface area contributed by atoms with Crippen LogP contribution >= 0.6 is 11.6 Å². The number of ether oxygens (including phenoxy) is 2. The lowest BCUT2D eigenvalue weighted by Crippen LogP contribution is -2.59. The molecule has 3 unspecified atom stereocenters. The fourth-order valence-corrected chi connectivity index (χ4v) is 10.2. The summed E-state index contributed by atoms with van der Waals surface area (Å²) in [4.78, 5) is 18.5. The van der Waals surface area contributed by atoms with Crippen LogP contribution in [0.15, 0.2) is 83.9 Å². The molecule has 1 amide bonds. The lowest BCUT2D eigenvalue weighted by molar-refractivity contribution is -0.145. The van der Waals surface area contributed by atoms with E-state index in [-0.39, 0.29) is 11.8 Å². The molecule has 2 bridgehead atoms. The molecule has 274 valence electrons. The second-order valence-corrected chi connectivity index (χ2v) is 17.9. The number of carbonyl (C=O) groups excluding carboxylic acids is 1. The van der Waals surface area contributed by atoms with Gasteiger partial charge in [0.05, 0.1) is 24.2 Å². The number of sulfonamides is 1. The molecule has 2 aliphatic carbocycles. The number of nitrogens with zero attached hydrogens (tertiary/aromatic N) is 2. The number of carbonyl (C=O) groups is 1. The summed E-state index contributed by atoms with van der Waals surface area (Å²) in [6, 6.07) is 16.0. The molecule has 1 saturated heterocycles. The van der Waals surface area contributed by atoms with Gasteiger partial charge in [-0.2, -0.15) is 0 Å². The van der Waals surface area contributed by atoms with Crippen molar-refractivity contribution in [3.05, 3.63) is 95.1 Å². The van der Waals surface area contributed by atoms with Gasteiger partial charge < -0.3 is 14.4 Å². The Hall–Kier alpha value is -3.11. The number of anilines is 1. The lowest BCUT2D eigenvalue weighted by Gasteiger charge is -2.53. The molecule has 8 nitrogen and oxygen atoms in total. The molecule has 1 N–H and O–H groups in total. The molecule has 2 aromatic carbocycles. The predicted octanol–water partition coefficient (Wildman–Crippen LogP) is 7.32. The summed E-state index contributed by atoms with van der Waals surface area (Å²) in [5.41, 5.74) is 1.96. The van der Waals surface area contributed by atoms with E-state index in [4.69, 9.17) is 21.1 Å². The zero-order valence-corrected chi connectivity index (χ0v) is 31.5. The van der Waals surface area contributed by atoms with Gasteiger partial charge in [0.2, 0.25) is 10.0 Å². The van der Waals surface area contributed by atoms with Crippen molar-refractivity contribution in [2.24, 2.45) is 29.6 Å². The molecule has 3 heterocycles. The zero-order chi connectivity index (χ0) is 35.6. The Morgan fingerprint density at radius 1 is 1.02 bits per heavy atom. The summed E-state index contributed by atoms with van der Waals surface area (Å²) in [5.74, 6) is 1.05. The van der Waals surface area contributed by atoms with E-state index in [0.717, 1.165) is 75.5 Å². The first-order valence-corrected chi connectivity index (χ1v) is 20.7. The van der Waals surface area contributed by atoms with Gasteiger partial charge in [-0.15, -0.1) is 0 Å². The van der Waals surface area contributed by atoms with E-state index in [0.29, 0.717) is 48.7 Å². The number of benzene rings is 2. The van der Waals surface area contributed by atoms with Crippen LogP contribution in [0.25, 0.3) is 0 Å². The molecule has 2 fully saturated rings. The number of halogens is 1. The van der Waals surface area contributed by atoms with E-state index in [9.17, 15) is 13.2 Å². The standard InChI is InChI=1S/C41H52ClN3O5S/c1-29-9-8-19-41(28-44(21-22-50-41)25-31-10-4-3-5-11-31)37-17-14-34(37)26-45-20-7-6-12-32-23-36(42)16-13-35(32)27-49-39-18-15-33(24-38(39)45)40(46)43-51(47,48)30(29)2/h3-5,8,10-11,13,15-16,18-19,23-24,29-30,32,34-35,37H,6-7,9,12,14,17,20-22,25-28H2,1-2H3,(H,43,46)/b19-8+/t29-,30?,32?,34-,35?,37+,41-/m0/s1. The molecular formula is C41H52ClN3O5S. The molecule has 3 aliphatic heterocycles. The minimum absolute atomic E-state index is 0.193. The predicted molar refractivity (Wildman–Crippen MR) is 203 cm³/mol. The summed E-state index contributed by atoms with van der Waals surface area (Å²) in [5, 5.41) is 0.00480. The molecule has 5 aliphatic rings. The highest BCUT2D eigenvalue weighted by Gasteiger charge is 2.50. The van der Waals surface area contributed by atoms with E-state index in [1.54, 1.807) is 13.0 Å². The van der Waals surface area contributed by atoms with Crippen molar-refractivity contribution in [2.75, 3.05) is 44.3 Å². The summed E-state index contributed by atoms with van der Waals surface area (Å²) in [6.45, 7) is 8.87. The van der Waals surface area contributed by atoms with Crippen molar-refractivity contribution in [3.63, 3.8) is 0 Å². The molecule has 1 spiro atoms. The summed E-state index contributed by atoms with van der Waals surface area (Å²) in [6.07, 6.45) is 16.4. The third-order valence-electron chi connectivity index (χ3n) is 12.1. The Bertz CT molecular complexity index is 1760. The fourth-order valence-electron chi connectivity index (χ4n) is 8.66. The van der Waals surface area contributed by atoms with Gasteiger partial charge in [0.15, 0.2) is 0 Å². The van der Waals surface area contributed by atoms with Crippen molar-refractivity contribution >= 4 is 33.2 Å². The summed E-state index contributed by atoms with van der Waals surface area (Å²) >= 11 is 6.43. The highest BCUT2D eigenvalue weighted by atomic mass is 35.5. The van der Waals surface area contributed by atoms with Crippen LogP contribution < -0.4 is 14.4 Å². The van der Waals surface area contributed by atoms with Gasteiger partial charge >= 0.3 is 0 Å². The molecule has 0 radical (unpaired) electrons. The molecule has 2 aromatic rings. The maximum Gasteiger partial charge on any atom is 0.264 e. The molecule has 7 rings (SSSR count). The van der Waals surface area contributed by atoms with Gasteiger partial charge in [-0.3, -0.25) is 9.69 Å². The van der Waals surface area contributed by atoms with E-state index >= 15 is 0 Å². The van der Waals surface area contributed by atoms with Crippen LogP contribution in [0.1, 0.15) is 68.3 Å². The highest BCUT2D eigenvalue weighted by Crippen LogP contribution is 2.48. The van der Waals surface area contributed by atoms with Crippen LogP contribution in [0.2, 0.25) is 0 Å². The first-order chi connectivity index (χ1) is 24.6. The topological polar surface area (TPSA) is 88.2 Å². The Morgan fingerprint density at radius 2 is 1.86 bits per heavy atom.